The van der Waals surface area contributed by atoms with Gasteiger partial charge in [-0.1, -0.05) is 0 Å². The lowest BCUT2D eigenvalue weighted by Crippen LogP contribution is -2.39. The molecule has 31 heavy (non-hydrogen) atoms. The molecule has 4 N–H and O–H groups in total. The van der Waals surface area contributed by atoms with E-state index in [1.165, 1.54) is 12.5 Å². The van der Waals surface area contributed by atoms with E-state index >= 15 is 0 Å². The summed E-state index contributed by atoms with van der Waals surface area (Å²) in [4.78, 5) is 30.1. The molecule has 10 nitrogen and oxygen atoms in total. The Hall–Kier alpha value is -3.27. The van der Waals surface area contributed by atoms with Crippen LogP contribution in [0.3, 0.4) is 0 Å². The van der Waals surface area contributed by atoms with Crippen molar-refractivity contribution in [1.29, 1.82) is 0 Å². The second-order valence-electron chi connectivity index (χ2n) is 8.45. The summed E-state index contributed by atoms with van der Waals surface area (Å²) in [6.07, 6.45) is 8.63. The number of fused-ring (bicyclic) bond motifs is 1. The van der Waals surface area contributed by atoms with Crippen molar-refractivity contribution >= 4 is 23.2 Å². The largest absolute Gasteiger partial charge is 0.383 e. The zero-order chi connectivity index (χ0) is 21.5. The lowest BCUT2D eigenvalue weighted by Gasteiger charge is -2.34. The zero-order valence-electron chi connectivity index (χ0n) is 17.6. The molecule has 2 unspecified atom stereocenters. The predicted molar refractivity (Wildman–Crippen MR) is 117 cm³/mol. The fourth-order valence-corrected chi connectivity index (χ4v) is 4.62. The average molecular weight is 422 g/mol. The average Bonchev–Trinajstić information content (AvgIpc) is 3.38. The number of nitrogen functional groups attached to an aromatic ring is 1. The van der Waals surface area contributed by atoms with Crippen LogP contribution in [0.25, 0.3) is 5.65 Å². The van der Waals surface area contributed by atoms with Gasteiger partial charge in [0, 0.05) is 49.7 Å². The highest BCUT2D eigenvalue weighted by atomic mass is 16.2. The molecule has 3 aromatic rings. The van der Waals surface area contributed by atoms with Gasteiger partial charge in [-0.2, -0.15) is 5.10 Å². The third kappa shape index (κ3) is 3.56. The summed E-state index contributed by atoms with van der Waals surface area (Å²) in [6.45, 7) is 4.42. The Morgan fingerprint density at radius 2 is 2.10 bits per heavy atom. The highest BCUT2D eigenvalue weighted by Crippen LogP contribution is 2.33. The van der Waals surface area contributed by atoms with Crippen molar-refractivity contribution in [3.8, 4) is 0 Å². The van der Waals surface area contributed by atoms with E-state index in [1.807, 2.05) is 24.1 Å². The van der Waals surface area contributed by atoms with Crippen molar-refractivity contribution in [2.45, 2.75) is 44.7 Å². The first-order valence-electron chi connectivity index (χ1n) is 10.7. The molecule has 0 aromatic carbocycles. The van der Waals surface area contributed by atoms with Crippen molar-refractivity contribution in [3.63, 3.8) is 0 Å². The van der Waals surface area contributed by atoms with Gasteiger partial charge in [-0.15, -0.1) is 0 Å². The van der Waals surface area contributed by atoms with Crippen LogP contribution in [0.15, 0.2) is 24.8 Å². The summed E-state index contributed by atoms with van der Waals surface area (Å²) in [5, 5.41) is 4.78. The number of piperidine rings is 1. The van der Waals surface area contributed by atoms with Crippen LogP contribution in [0.2, 0.25) is 0 Å². The van der Waals surface area contributed by atoms with Crippen molar-refractivity contribution in [3.05, 3.63) is 41.6 Å². The number of carbonyl (C=O) groups is 1. The minimum atomic E-state index is -0.157. The van der Waals surface area contributed by atoms with Gasteiger partial charge < -0.3 is 21.3 Å². The Morgan fingerprint density at radius 1 is 1.23 bits per heavy atom. The molecule has 0 saturated carbocycles. The molecule has 0 aliphatic carbocycles. The third-order valence-corrected chi connectivity index (χ3v) is 6.23. The molecular weight excluding hydrogens is 394 g/mol. The van der Waals surface area contributed by atoms with Crippen LogP contribution >= 0.6 is 0 Å². The molecule has 5 rings (SSSR count). The van der Waals surface area contributed by atoms with E-state index in [0.29, 0.717) is 12.1 Å². The summed E-state index contributed by atoms with van der Waals surface area (Å²) in [5.74, 6) is 0.999. The number of aromatic nitrogens is 5. The smallest absolute Gasteiger partial charge is 0.259 e. The van der Waals surface area contributed by atoms with Gasteiger partial charge in [0.2, 0.25) is 0 Å². The molecule has 10 heteroatoms. The molecule has 2 fully saturated rings. The van der Waals surface area contributed by atoms with Crippen LogP contribution in [0.4, 0.5) is 11.6 Å². The number of hydrogen-bond acceptors (Lipinski definition) is 8. The second-order valence-corrected chi connectivity index (χ2v) is 8.45. The number of rotatable bonds is 3. The fraction of sp³-hybridized carbons (Fsp3) is 0.476. The van der Waals surface area contributed by atoms with Crippen molar-refractivity contribution in [2.24, 2.45) is 5.73 Å². The fourth-order valence-electron chi connectivity index (χ4n) is 4.62. The first-order valence-corrected chi connectivity index (χ1v) is 10.7. The monoisotopic (exact) mass is 421 g/mol. The van der Waals surface area contributed by atoms with Gasteiger partial charge in [-0.05, 0) is 32.6 Å². The number of aryl methyl sites for hydroxylation is 1. The number of amides is 1. The molecule has 162 valence electrons. The highest BCUT2D eigenvalue weighted by Gasteiger charge is 2.32. The maximum atomic E-state index is 13.2. The Kier molecular flexibility index (Phi) is 4.93. The van der Waals surface area contributed by atoms with Crippen LogP contribution in [-0.2, 0) is 0 Å². The van der Waals surface area contributed by atoms with Gasteiger partial charge in [0.1, 0.15) is 23.5 Å². The summed E-state index contributed by atoms with van der Waals surface area (Å²) in [7, 11) is 0. The van der Waals surface area contributed by atoms with Gasteiger partial charge in [0.25, 0.3) is 5.91 Å². The molecule has 2 aliphatic heterocycles. The quantitative estimate of drug-likeness (QED) is 0.647. The SMILES string of the molecule is Cc1cn2nc(C3CCCCN3C(=O)c3cncnc3N)cc2nc1N1CCC(N)C1. The minimum Gasteiger partial charge on any atom is -0.383 e. The summed E-state index contributed by atoms with van der Waals surface area (Å²) in [6, 6.07) is 2.04. The summed E-state index contributed by atoms with van der Waals surface area (Å²) >= 11 is 0. The lowest BCUT2D eigenvalue weighted by atomic mass is 9.98. The Bertz CT molecular complexity index is 1130. The number of nitrogens with two attached hydrogens (primary N) is 2. The van der Waals surface area contributed by atoms with E-state index < -0.39 is 0 Å². The van der Waals surface area contributed by atoms with Crippen LogP contribution in [-0.4, -0.2) is 61.0 Å². The molecule has 3 aromatic heterocycles. The van der Waals surface area contributed by atoms with E-state index in [4.69, 9.17) is 21.5 Å². The molecule has 2 aliphatic rings. The van der Waals surface area contributed by atoms with Crippen LogP contribution < -0.4 is 16.4 Å². The summed E-state index contributed by atoms with van der Waals surface area (Å²) < 4.78 is 1.81. The summed E-state index contributed by atoms with van der Waals surface area (Å²) in [5.41, 5.74) is 15.0. The molecule has 5 heterocycles. The molecule has 2 atom stereocenters. The van der Waals surface area contributed by atoms with Gasteiger partial charge >= 0.3 is 0 Å². The number of likely N-dealkylation sites (tertiary alicyclic amines) is 1. The number of hydrogen-bond donors (Lipinski definition) is 2. The third-order valence-electron chi connectivity index (χ3n) is 6.23. The maximum absolute atomic E-state index is 13.2. The topological polar surface area (TPSA) is 132 Å². The normalized spacial score (nSPS) is 21.7. The van der Waals surface area contributed by atoms with Crippen LogP contribution in [0.1, 0.15) is 53.3 Å². The molecule has 0 bridgehead atoms. The van der Waals surface area contributed by atoms with Gasteiger partial charge in [-0.3, -0.25) is 4.79 Å². The first kappa shape index (κ1) is 19.7. The van der Waals surface area contributed by atoms with E-state index in [-0.39, 0.29) is 23.8 Å². The molecule has 0 spiro atoms. The number of nitrogens with zero attached hydrogens (tertiary/aromatic N) is 7. The maximum Gasteiger partial charge on any atom is 0.259 e. The Balaban J connectivity index is 1.48. The van der Waals surface area contributed by atoms with Gasteiger partial charge in [0.15, 0.2) is 5.65 Å². The standard InChI is InChI=1S/C21H27N9O/c1-13-10-30-18(26-20(13)28-7-5-14(22)11-28)8-16(27-30)17-4-2-3-6-29(17)21(31)15-9-24-12-25-19(15)23/h8-10,12,14,17H,2-7,11,22H2,1H3,(H2,23,24,25). The molecular formula is C21H27N9O. The highest BCUT2D eigenvalue weighted by molar-refractivity contribution is 5.98. The van der Waals surface area contributed by atoms with Gasteiger partial charge in [0.05, 0.1) is 11.7 Å². The van der Waals surface area contributed by atoms with E-state index in [1.54, 1.807) is 4.52 Å². The predicted octanol–water partition coefficient (Wildman–Crippen LogP) is 1.31. The van der Waals surface area contributed by atoms with Crippen molar-refractivity contribution < 1.29 is 4.79 Å². The van der Waals surface area contributed by atoms with E-state index in [0.717, 1.165) is 61.5 Å². The first-order chi connectivity index (χ1) is 15.0. The zero-order valence-corrected chi connectivity index (χ0v) is 17.6. The van der Waals surface area contributed by atoms with E-state index in [9.17, 15) is 4.79 Å². The Labute approximate surface area is 180 Å². The van der Waals surface area contributed by atoms with Crippen LogP contribution in [0, 0.1) is 6.92 Å². The molecule has 1 amide bonds. The second kappa shape index (κ2) is 7.77. The number of anilines is 2. The molecule has 0 radical (unpaired) electrons. The van der Waals surface area contributed by atoms with Gasteiger partial charge in [-0.25, -0.2) is 19.5 Å². The van der Waals surface area contributed by atoms with Crippen molar-refractivity contribution in [1.82, 2.24) is 29.5 Å². The molecule has 2 saturated heterocycles. The van der Waals surface area contributed by atoms with Crippen LogP contribution in [0.5, 0.6) is 0 Å². The van der Waals surface area contributed by atoms with E-state index in [2.05, 4.69) is 14.9 Å². The minimum absolute atomic E-state index is 0.133. The number of carbonyl (C=O) groups excluding carboxylic acids is 1. The lowest BCUT2D eigenvalue weighted by molar-refractivity contribution is 0.0606. The van der Waals surface area contributed by atoms with Crippen molar-refractivity contribution in [2.75, 3.05) is 30.3 Å². The Morgan fingerprint density at radius 3 is 2.87 bits per heavy atom.